The summed E-state index contributed by atoms with van der Waals surface area (Å²) in [5.74, 6) is 0.193. The van der Waals surface area contributed by atoms with Crippen LogP contribution in [-0.4, -0.2) is 33.9 Å². The molecule has 2 aromatic carbocycles. The number of benzene rings is 2. The molecular formula is C28H29BrClN5O2S. The molecular weight excluding hydrogens is 586 g/mol. The van der Waals surface area contributed by atoms with Crippen LogP contribution in [0.2, 0.25) is 5.02 Å². The highest BCUT2D eigenvalue weighted by atomic mass is 79.9. The largest absolute Gasteiger partial charge is 0.349 e. The SMILES string of the molecule is CSc1nn2c(c1C(=O)NC1CCCCC1)NC(C)=C(C(=O)Nc1ccc(Br)cc1)C2c1ccc(Cl)cc1. The molecule has 1 aromatic heterocycles. The number of hydrogen-bond acceptors (Lipinski definition) is 5. The van der Waals surface area contributed by atoms with Gasteiger partial charge in [0.2, 0.25) is 0 Å². The number of allylic oxidation sites excluding steroid dienone is 1. The number of carbonyl (C=O) groups excluding carboxylic acids is 2. The molecule has 0 saturated heterocycles. The number of anilines is 2. The van der Waals surface area contributed by atoms with Crippen LogP contribution in [0.1, 0.15) is 61.0 Å². The van der Waals surface area contributed by atoms with Crippen LogP contribution < -0.4 is 16.0 Å². The van der Waals surface area contributed by atoms with Crippen LogP contribution in [0.3, 0.4) is 0 Å². The van der Waals surface area contributed by atoms with Crippen LogP contribution in [0.25, 0.3) is 0 Å². The smallest absolute Gasteiger partial charge is 0.258 e. The van der Waals surface area contributed by atoms with Crippen molar-refractivity contribution < 1.29 is 9.59 Å². The molecule has 1 fully saturated rings. The summed E-state index contributed by atoms with van der Waals surface area (Å²) in [4.78, 5) is 27.3. The maximum atomic E-state index is 13.7. The first-order valence-corrected chi connectivity index (χ1v) is 15.0. The number of rotatable bonds is 6. The lowest BCUT2D eigenvalue weighted by Gasteiger charge is -2.30. The standard InChI is InChI=1S/C28H29BrClN5O2S/c1-16-22(26(36)33-21-14-10-18(29)11-15-21)24(17-8-12-19(30)13-9-17)35-25(31-16)23(28(34-35)38-2)27(37)32-20-6-4-3-5-7-20/h8-15,20,24,31H,3-7H2,1-2H3,(H,32,37)(H,33,36). The Hall–Kier alpha value is -2.75. The minimum absolute atomic E-state index is 0.138. The highest BCUT2D eigenvalue weighted by Crippen LogP contribution is 2.41. The van der Waals surface area contributed by atoms with Gasteiger partial charge in [-0.25, -0.2) is 4.68 Å². The highest BCUT2D eigenvalue weighted by molar-refractivity contribution is 9.10. The average molecular weight is 615 g/mol. The molecule has 1 unspecified atom stereocenters. The molecule has 0 bridgehead atoms. The zero-order valence-corrected chi connectivity index (χ0v) is 24.3. The van der Waals surface area contributed by atoms with Gasteiger partial charge < -0.3 is 16.0 Å². The summed E-state index contributed by atoms with van der Waals surface area (Å²) in [6.45, 7) is 1.86. The van der Waals surface area contributed by atoms with E-state index in [0.29, 0.717) is 38.4 Å². The maximum Gasteiger partial charge on any atom is 0.258 e. The van der Waals surface area contributed by atoms with Crippen molar-refractivity contribution in [1.82, 2.24) is 15.1 Å². The molecule has 0 radical (unpaired) electrons. The molecule has 0 spiro atoms. The third-order valence-corrected chi connectivity index (χ3v) is 8.45. The third kappa shape index (κ3) is 5.51. The fraction of sp³-hybridized carbons (Fsp3) is 0.321. The van der Waals surface area contributed by atoms with Gasteiger partial charge in [-0.1, -0.05) is 58.9 Å². The van der Waals surface area contributed by atoms with E-state index in [1.54, 1.807) is 16.8 Å². The molecule has 10 heteroatoms. The van der Waals surface area contributed by atoms with Crippen molar-refractivity contribution in [3.05, 3.63) is 80.4 Å². The molecule has 5 rings (SSSR count). The van der Waals surface area contributed by atoms with E-state index >= 15 is 0 Å². The van der Waals surface area contributed by atoms with Gasteiger partial charge in [0.1, 0.15) is 22.4 Å². The summed E-state index contributed by atoms with van der Waals surface area (Å²) in [5, 5.41) is 15.7. The van der Waals surface area contributed by atoms with Crippen molar-refractivity contribution in [1.29, 1.82) is 0 Å². The number of nitrogens with one attached hydrogen (secondary N) is 3. The average Bonchev–Trinajstić information content (AvgIpc) is 3.28. The van der Waals surface area contributed by atoms with Crippen molar-refractivity contribution in [2.45, 2.75) is 56.1 Å². The van der Waals surface area contributed by atoms with Crippen molar-refractivity contribution >= 4 is 62.6 Å². The number of halogens is 2. The Morgan fingerprint density at radius 1 is 1.05 bits per heavy atom. The number of hydrogen-bond donors (Lipinski definition) is 3. The summed E-state index contributed by atoms with van der Waals surface area (Å²) in [5.41, 5.74) is 3.20. The predicted molar refractivity (Wildman–Crippen MR) is 157 cm³/mol. The molecule has 198 valence electrons. The normalized spacial score (nSPS) is 17.5. The van der Waals surface area contributed by atoms with E-state index in [2.05, 4.69) is 31.9 Å². The second kappa shape index (κ2) is 11.6. The zero-order valence-electron chi connectivity index (χ0n) is 21.2. The van der Waals surface area contributed by atoms with E-state index < -0.39 is 6.04 Å². The first-order chi connectivity index (χ1) is 18.4. The summed E-state index contributed by atoms with van der Waals surface area (Å²) < 4.78 is 2.68. The number of thioether (sulfide) groups is 1. The molecule has 38 heavy (non-hydrogen) atoms. The minimum Gasteiger partial charge on any atom is -0.349 e. The van der Waals surface area contributed by atoms with E-state index in [0.717, 1.165) is 35.7 Å². The number of amides is 2. The highest BCUT2D eigenvalue weighted by Gasteiger charge is 2.37. The number of nitrogens with zero attached hydrogens (tertiary/aromatic N) is 2. The van der Waals surface area contributed by atoms with Gasteiger partial charge in [-0.2, -0.15) is 5.10 Å². The lowest BCUT2D eigenvalue weighted by molar-refractivity contribution is -0.113. The van der Waals surface area contributed by atoms with Gasteiger partial charge in [-0.3, -0.25) is 9.59 Å². The zero-order chi connectivity index (χ0) is 26.8. The molecule has 1 aliphatic heterocycles. The monoisotopic (exact) mass is 613 g/mol. The quantitative estimate of drug-likeness (QED) is 0.260. The second-order valence-corrected chi connectivity index (χ2v) is 11.7. The van der Waals surface area contributed by atoms with Gasteiger partial charge in [0.25, 0.3) is 11.8 Å². The summed E-state index contributed by atoms with van der Waals surface area (Å²) in [6, 6.07) is 14.4. The Labute approximate surface area is 239 Å². The van der Waals surface area contributed by atoms with Crippen LogP contribution >= 0.6 is 39.3 Å². The molecule has 1 saturated carbocycles. The lowest BCUT2D eigenvalue weighted by atomic mass is 9.94. The minimum atomic E-state index is -0.555. The van der Waals surface area contributed by atoms with Gasteiger partial charge in [0.05, 0.1) is 5.57 Å². The molecule has 2 amide bonds. The summed E-state index contributed by atoms with van der Waals surface area (Å²) in [7, 11) is 0. The second-order valence-electron chi connectivity index (χ2n) is 9.56. The van der Waals surface area contributed by atoms with Gasteiger partial charge in [-0.05, 0) is 68.0 Å². The molecule has 2 heterocycles. The molecule has 3 N–H and O–H groups in total. The Morgan fingerprint density at radius 2 is 1.74 bits per heavy atom. The molecule has 3 aromatic rings. The Morgan fingerprint density at radius 3 is 2.39 bits per heavy atom. The van der Waals surface area contributed by atoms with Crippen LogP contribution in [0.15, 0.2) is 69.3 Å². The van der Waals surface area contributed by atoms with Gasteiger partial charge in [0, 0.05) is 26.9 Å². The Kier molecular flexibility index (Phi) is 8.16. The fourth-order valence-electron chi connectivity index (χ4n) is 5.12. The van der Waals surface area contributed by atoms with E-state index in [1.807, 2.05) is 49.6 Å². The van der Waals surface area contributed by atoms with Crippen LogP contribution in [0, 0.1) is 0 Å². The Bertz CT molecular complexity index is 1380. The fourth-order valence-corrected chi connectivity index (χ4v) is 6.08. The number of aromatic nitrogens is 2. The maximum absolute atomic E-state index is 13.7. The van der Waals surface area contributed by atoms with Crippen molar-refractivity contribution in [3.8, 4) is 0 Å². The third-order valence-electron chi connectivity index (χ3n) is 7.00. The topological polar surface area (TPSA) is 88.1 Å². The molecule has 1 atom stereocenters. The predicted octanol–water partition coefficient (Wildman–Crippen LogP) is 7.01. The first-order valence-electron chi connectivity index (χ1n) is 12.6. The molecule has 1 aliphatic carbocycles. The van der Waals surface area contributed by atoms with Gasteiger partial charge in [-0.15, -0.1) is 11.8 Å². The van der Waals surface area contributed by atoms with Crippen molar-refractivity contribution in [3.63, 3.8) is 0 Å². The van der Waals surface area contributed by atoms with Crippen LogP contribution in [0.5, 0.6) is 0 Å². The van der Waals surface area contributed by atoms with Gasteiger partial charge >= 0.3 is 0 Å². The summed E-state index contributed by atoms with van der Waals surface area (Å²) in [6.07, 6.45) is 7.35. The van der Waals surface area contributed by atoms with Gasteiger partial charge in [0.15, 0.2) is 0 Å². The number of carbonyl (C=O) groups is 2. The first kappa shape index (κ1) is 26.8. The van der Waals surface area contributed by atoms with E-state index in [1.165, 1.54) is 18.2 Å². The van der Waals surface area contributed by atoms with E-state index in [9.17, 15) is 9.59 Å². The summed E-state index contributed by atoms with van der Waals surface area (Å²) >= 11 is 11.0. The van der Waals surface area contributed by atoms with Crippen molar-refractivity contribution in [2.75, 3.05) is 16.9 Å². The Balaban J connectivity index is 1.56. The lowest BCUT2D eigenvalue weighted by Crippen LogP contribution is -2.37. The van der Waals surface area contributed by atoms with Crippen LogP contribution in [-0.2, 0) is 4.79 Å². The molecule has 2 aliphatic rings. The van der Waals surface area contributed by atoms with Crippen molar-refractivity contribution in [2.24, 2.45) is 0 Å². The van der Waals surface area contributed by atoms with Crippen LogP contribution in [0.4, 0.5) is 11.5 Å². The molecule has 7 nitrogen and oxygen atoms in total. The number of fused-ring (bicyclic) bond motifs is 1. The van der Waals surface area contributed by atoms with E-state index in [-0.39, 0.29) is 17.9 Å². The van der Waals surface area contributed by atoms with E-state index in [4.69, 9.17) is 16.7 Å².